The SMILES string of the molecule is CCCCCCCCCCCCNCC(O)C1OC(OC(CO)C(O)C2OC(OC(CO)C(O)C3OC(O)(C(=O)O)CC(O)C3NC(=O)CC)(C(=O)O)CC(O)C2N)(C(=O)O)CC(O)[C@H]1NC(C)=O. The maximum Gasteiger partial charge on any atom is 0.364 e. The van der Waals surface area contributed by atoms with E-state index in [0.29, 0.717) is 6.54 Å². The number of amides is 2. The van der Waals surface area contributed by atoms with Crippen LogP contribution in [0.4, 0.5) is 0 Å². The van der Waals surface area contributed by atoms with E-state index in [1.165, 1.54) is 39.0 Å². The lowest BCUT2D eigenvalue weighted by molar-refractivity contribution is -0.354. The summed E-state index contributed by atoms with van der Waals surface area (Å²) in [6.07, 6.45) is -15.1. The summed E-state index contributed by atoms with van der Waals surface area (Å²) in [5, 5.41) is 138. The second-order valence-electron chi connectivity index (χ2n) is 18.1. The van der Waals surface area contributed by atoms with Crippen LogP contribution in [0.2, 0.25) is 0 Å². The average molecular weight is 1000 g/mol. The van der Waals surface area contributed by atoms with Crippen molar-refractivity contribution in [3.8, 4) is 0 Å². The second kappa shape index (κ2) is 27.5. The Labute approximate surface area is 399 Å². The van der Waals surface area contributed by atoms with Crippen LogP contribution in [0.5, 0.6) is 0 Å². The van der Waals surface area contributed by atoms with Crippen molar-refractivity contribution < 1.29 is 109 Å². The number of ether oxygens (including phenoxy) is 5. The quantitative estimate of drug-likeness (QED) is 0.0304. The molecule has 3 rings (SSSR count). The summed E-state index contributed by atoms with van der Waals surface area (Å²) in [4.78, 5) is 62.5. The van der Waals surface area contributed by atoms with E-state index >= 15 is 0 Å². The summed E-state index contributed by atoms with van der Waals surface area (Å²) in [7, 11) is 0. The second-order valence-corrected chi connectivity index (χ2v) is 18.1. The van der Waals surface area contributed by atoms with Gasteiger partial charge in [0, 0.05) is 39.2 Å². The maximum absolute atomic E-state index is 13.0. The molecule has 3 heterocycles. The topological polar surface area (TPSA) is 436 Å². The molecule has 0 radical (unpaired) electrons. The minimum Gasteiger partial charge on any atom is -0.477 e. The Bertz CT molecular complexity index is 1650. The molecule has 0 bridgehead atoms. The van der Waals surface area contributed by atoms with Crippen LogP contribution in [0, 0.1) is 0 Å². The van der Waals surface area contributed by atoms with Crippen LogP contribution < -0.4 is 21.7 Å². The third kappa shape index (κ3) is 15.8. The van der Waals surface area contributed by atoms with Crippen LogP contribution in [-0.4, -0.2) is 220 Å². The summed E-state index contributed by atoms with van der Waals surface area (Å²) >= 11 is 0. The number of aliphatic carboxylic acids is 3. The predicted octanol–water partition coefficient (Wildman–Crippen LogP) is -4.15. The largest absolute Gasteiger partial charge is 0.477 e. The van der Waals surface area contributed by atoms with Crippen molar-refractivity contribution in [2.75, 3.05) is 26.3 Å². The lowest BCUT2D eigenvalue weighted by Gasteiger charge is -2.50. The summed E-state index contributed by atoms with van der Waals surface area (Å²) in [5.74, 6) is -16.9. The van der Waals surface area contributed by atoms with Crippen molar-refractivity contribution in [3.05, 3.63) is 0 Å². The van der Waals surface area contributed by atoms with Gasteiger partial charge in [0.15, 0.2) is 0 Å². The highest BCUT2D eigenvalue weighted by Crippen LogP contribution is 2.39. The van der Waals surface area contributed by atoms with Gasteiger partial charge in [0.1, 0.15) is 42.7 Å². The summed E-state index contributed by atoms with van der Waals surface area (Å²) in [6.45, 7) is 2.26. The van der Waals surface area contributed by atoms with E-state index in [0.717, 1.165) is 39.0 Å². The number of unbranched alkanes of at least 4 members (excludes halogenated alkanes) is 9. The van der Waals surface area contributed by atoms with Gasteiger partial charge in [-0.1, -0.05) is 71.6 Å². The first-order valence-electron chi connectivity index (χ1n) is 23.6. The molecule has 0 aromatic rings. The fourth-order valence-corrected chi connectivity index (χ4v) is 8.80. The van der Waals surface area contributed by atoms with Gasteiger partial charge in [0.05, 0.1) is 55.8 Å². The van der Waals surface area contributed by atoms with E-state index in [1.54, 1.807) is 0 Å². The number of rotatable bonds is 30. The van der Waals surface area contributed by atoms with E-state index < -0.39 is 165 Å². The van der Waals surface area contributed by atoms with Crippen LogP contribution in [0.1, 0.15) is 111 Å². The van der Waals surface area contributed by atoms with E-state index in [9.17, 15) is 85.3 Å². The number of carbonyl (C=O) groups is 5. The van der Waals surface area contributed by atoms with Crippen molar-refractivity contribution >= 4 is 29.7 Å². The number of nitrogens with two attached hydrogens (primary N) is 1. The lowest BCUT2D eigenvalue weighted by atomic mass is 9.87. The number of nitrogens with one attached hydrogen (secondary N) is 3. The molecule has 69 heavy (non-hydrogen) atoms. The maximum atomic E-state index is 13.0. The monoisotopic (exact) mass is 1000 g/mol. The third-order valence-electron chi connectivity index (χ3n) is 12.7. The first kappa shape index (κ1) is 60.0. The van der Waals surface area contributed by atoms with Gasteiger partial charge in [0.25, 0.3) is 17.4 Å². The zero-order valence-electron chi connectivity index (χ0n) is 39.3. The van der Waals surface area contributed by atoms with Gasteiger partial charge < -0.3 is 107 Å². The van der Waals surface area contributed by atoms with Gasteiger partial charge >= 0.3 is 17.9 Å². The van der Waals surface area contributed by atoms with E-state index in [-0.39, 0.29) is 13.0 Å². The van der Waals surface area contributed by atoms with Gasteiger partial charge in [-0.05, 0) is 13.0 Å². The first-order valence-corrected chi connectivity index (χ1v) is 23.6. The van der Waals surface area contributed by atoms with Crippen molar-refractivity contribution in [1.82, 2.24) is 16.0 Å². The average Bonchev–Trinajstić information content (AvgIpc) is 3.29. The third-order valence-corrected chi connectivity index (χ3v) is 12.7. The molecule has 0 spiro atoms. The van der Waals surface area contributed by atoms with Crippen molar-refractivity contribution in [2.24, 2.45) is 5.73 Å². The summed E-state index contributed by atoms with van der Waals surface area (Å²) in [6, 6.07) is -4.89. The van der Waals surface area contributed by atoms with Crippen LogP contribution in [0.25, 0.3) is 0 Å². The molecular weight excluding hydrogens is 924 g/mol. The van der Waals surface area contributed by atoms with Crippen molar-refractivity contribution in [1.29, 1.82) is 0 Å². The molecule has 17 N–H and O–H groups in total. The molecule has 400 valence electrons. The molecule has 16 unspecified atom stereocenters. The number of carboxylic acids is 3. The van der Waals surface area contributed by atoms with Gasteiger partial charge in [-0.25, -0.2) is 14.4 Å². The van der Waals surface area contributed by atoms with Gasteiger partial charge in [0.2, 0.25) is 11.8 Å². The Kier molecular flexibility index (Phi) is 23.9. The van der Waals surface area contributed by atoms with E-state index in [2.05, 4.69) is 22.9 Å². The summed E-state index contributed by atoms with van der Waals surface area (Å²) < 4.78 is 28.0. The molecule has 2 amide bonds. The molecule has 3 saturated heterocycles. The zero-order valence-corrected chi connectivity index (χ0v) is 39.3. The number of aliphatic hydroxyl groups is 9. The Balaban J connectivity index is 1.85. The number of hydrogen-bond acceptors (Lipinski definition) is 21. The highest BCUT2D eigenvalue weighted by molar-refractivity contribution is 5.78. The molecule has 3 aliphatic heterocycles. The smallest absolute Gasteiger partial charge is 0.364 e. The molecule has 0 aromatic heterocycles. The highest BCUT2D eigenvalue weighted by Gasteiger charge is 2.61. The molecule has 26 nitrogen and oxygen atoms in total. The van der Waals surface area contributed by atoms with Crippen LogP contribution in [0.3, 0.4) is 0 Å². The summed E-state index contributed by atoms with van der Waals surface area (Å²) in [5.41, 5.74) is 6.16. The van der Waals surface area contributed by atoms with Gasteiger partial charge in [-0.15, -0.1) is 0 Å². The minimum absolute atomic E-state index is 0.192. The Morgan fingerprint density at radius 3 is 1.59 bits per heavy atom. The molecule has 3 fully saturated rings. The van der Waals surface area contributed by atoms with Crippen LogP contribution >= 0.6 is 0 Å². The molecule has 26 heteroatoms. The van der Waals surface area contributed by atoms with Crippen LogP contribution in [0.15, 0.2) is 0 Å². The molecule has 17 atom stereocenters. The standard InChI is InChI=1S/C43H76N4O22/c1-4-6-7-8-9-10-11-12-13-14-15-45-19-26(54)35-31(46-22(3)50)25(53)18-43(68-35,40(62)63)65-27(20-48)33(56)36-30(44)23(51)17-42(69-36,39(60)61)66-28(21-49)34(57)37-32(47-29(55)5-2)24(52)16-41(64,67-37)38(58)59/h23-28,30-37,45,48-49,51-54,56-57,64H,4-21,44H2,1-3H3,(H,46,50)(H,47,55)(H,58,59)(H,60,61)(H,62,63)/t23?,24?,25?,26?,27?,28?,30?,31-,32?,33?,34?,35?,36?,37?,41?,42?,43?/m1/s1. The van der Waals surface area contributed by atoms with Crippen LogP contribution in [-0.2, 0) is 47.7 Å². The number of carboxylic acid groups (broad SMARTS) is 3. The highest BCUT2D eigenvalue weighted by atomic mass is 16.8. The molecular formula is C43H76N4O22. The predicted molar refractivity (Wildman–Crippen MR) is 234 cm³/mol. The number of carbonyl (C=O) groups excluding carboxylic acids is 2. The molecule has 0 aliphatic carbocycles. The molecule has 3 aliphatic rings. The molecule has 0 saturated carbocycles. The van der Waals surface area contributed by atoms with Crippen molar-refractivity contribution in [2.45, 2.75) is 213 Å². The van der Waals surface area contributed by atoms with Gasteiger partial charge in [-0.3, -0.25) is 9.59 Å². The minimum atomic E-state index is -3.22. The van der Waals surface area contributed by atoms with Gasteiger partial charge in [-0.2, -0.15) is 0 Å². The lowest BCUT2D eigenvalue weighted by Crippen LogP contribution is -2.70. The number of hydrogen-bond donors (Lipinski definition) is 16. The van der Waals surface area contributed by atoms with E-state index in [4.69, 9.17) is 29.4 Å². The first-order chi connectivity index (χ1) is 32.5. The zero-order chi connectivity index (χ0) is 51.9. The number of aliphatic hydroxyl groups excluding tert-OH is 8. The van der Waals surface area contributed by atoms with E-state index in [1.807, 2.05) is 0 Å². The Hall–Kier alpha value is -3.29. The fourth-order valence-electron chi connectivity index (χ4n) is 8.80. The molecule has 0 aromatic carbocycles. The Morgan fingerprint density at radius 2 is 1.12 bits per heavy atom. The normalized spacial score (nSPS) is 33.9. The Morgan fingerprint density at radius 1 is 0.652 bits per heavy atom. The van der Waals surface area contributed by atoms with Crippen molar-refractivity contribution in [3.63, 3.8) is 0 Å². The fraction of sp³-hybridized carbons (Fsp3) is 0.884.